The number of carbonyl (C=O) groups is 2. The van der Waals surface area contributed by atoms with Gasteiger partial charge in [0.2, 0.25) is 5.91 Å². The Bertz CT molecular complexity index is 289. The van der Waals surface area contributed by atoms with Crippen LogP contribution in [0.15, 0.2) is 0 Å². The largest absolute Gasteiger partial charge is 0.480 e. The summed E-state index contributed by atoms with van der Waals surface area (Å²) in [6, 6.07) is 0. The molecule has 0 spiro atoms. The van der Waals surface area contributed by atoms with Crippen LogP contribution in [0.25, 0.3) is 0 Å². The molecule has 1 aliphatic rings. The molecule has 0 heterocycles. The van der Waals surface area contributed by atoms with E-state index in [2.05, 4.69) is 5.32 Å². The molecule has 6 nitrogen and oxygen atoms in total. The predicted molar refractivity (Wildman–Crippen MR) is 61.4 cm³/mol. The molecule has 1 saturated carbocycles. The number of carbonyl (C=O) groups excluding carboxylic acids is 1. The molecule has 1 aliphatic carbocycles. The maximum Gasteiger partial charge on any atom is 0.329 e. The van der Waals surface area contributed by atoms with E-state index in [0.717, 1.165) is 6.42 Å². The number of aliphatic carboxylic acids is 1. The summed E-state index contributed by atoms with van der Waals surface area (Å²) in [7, 11) is 0. The zero-order chi connectivity index (χ0) is 12.9. The van der Waals surface area contributed by atoms with Crippen molar-refractivity contribution >= 4 is 11.9 Å². The van der Waals surface area contributed by atoms with Gasteiger partial charge in [0.15, 0.2) is 0 Å². The normalized spacial score (nSPS) is 19.2. The monoisotopic (exact) mass is 244 g/mol. The van der Waals surface area contributed by atoms with E-state index in [0.29, 0.717) is 19.4 Å². The van der Waals surface area contributed by atoms with Crippen LogP contribution < -0.4 is 11.1 Å². The highest BCUT2D eigenvalue weighted by molar-refractivity contribution is 5.88. The van der Waals surface area contributed by atoms with Gasteiger partial charge >= 0.3 is 5.97 Å². The number of carboxylic acids is 1. The molecule has 0 aromatic rings. The van der Waals surface area contributed by atoms with E-state index in [1.165, 1.54) is 0 Å². The van der Waals surface area contributed by atoms with Gasteiger partial charge < -0.3 is 20.9 Å². The predicted octanol–water partition coefficient (Wildman–Crippen LogP) is -0.136. The van der Waals surface area contributed by atoms with Crippen molar-refractivity contribution in [1.82, 2.24) is 5.32 Å². The number of amides is 1. The van der Waals surface area contributed by atoms with E-state index >= 15 is 0 Å². The number of carboxylic acid groups (broad SMARTS) is 1. The molecule has 1 atom stereocenters. The molecule has 0 radical (unpaired) electrons. The Balaban J connectivity index is 2.45. The van der Waals surface area contributed by atoms with Gasteiger partial charge in [-0.3, -0.25) is 4.79 Å². The van der Waals surface area contributed by atoms with Crippen molar-refractivity contribution in [3.63, 3.8) is 0 Å². The molecular weight excluding hydrogens is 224 g/mol. The van der Waals surface area contributed by atoms with Crippen molar-refractivity contribution in [2.45, 2.75) is 44.2 Å². The first kappa shape index (κ1) is 13.9. The molecule has 1 amide bonds. The fraction of sp³-hybridized carbons (Fsp3) is 0.818. The number of hydrogen-bond acceptors (Lipinski definition) is 4. The van der Waals surface area contributed by atoms with Crippen LogP contribution in [0.5, 0.6) is 0 Å². The van der Waals surface area contributed by atoms with Gasteiger partial charge in [0.1, 0.15) is 5.54 Å². The van der Waals surface area contributed by atoms with Crippen LogP contribution in [0.2, 0.25) is 0 Å². The molecule has 0 aromatic heterocycles. The summed E-state index contributed by atoms with van der Waals surface area (Å²) in [5.74, 6) is -1.27. The van der Waals surface area contributed by atoms with Gasteiger partial charge in [-0.25, -0.2) is 4.79 Å². The van der Waals surface area contributed by atoms with Crippen LogP contribution in [0.4, 0.5) is 0 Å². The van der Waals surface area contributed by atoms with E-state index in [-0.39, 0.29) is 25.0 Å². The Morgan fingerprint density at radius 1 is 1.53 bits per heavy atom. The Morgan fingerprint density at radius 3 is 2.53 bits per heavy atom. The quantitative estimate of drug-likeness (QED) is 0.578. The Labute approximate surface area is 101 Å². The van der Waals surface area contributed by atoms with Gasteiger partial charge in [-0.2, -0.15) is 0 Å². The van der Waals surface area contributed by atoms with Crippen LogP contribution in [0, 0.1) is 0 Å². The number of nitrogens with one attached hydrogen (secondary N) is 1. The summed E-state index contributed by atoms with van der Waals surface area (Å²) in [4.78, 5) is 22.7. The Kier molecular flexibility index (Phi) is 4.89. The van der Waals surface area contributed by atoms with Gasteiger partial charge in [-0.05, 0) is 26.2 Å². The van der Waals surface area contributed by atoms with Gasteiger partial charge in [0, 0.05) is 13.2 Å². The van der Waals surface area contributed by atoms with Gasteiger partial charge in [-0.1, -0.05) is 0 Å². The van der Waals surface area contributed by atoms with Crippen molar-refractivity contribution in [1.29, 1.82) is 0 Å². The standard InChI is InChI=1S/C11H20N2O4/c1-2-17-8(7-12)6-9(14)13-11(10(15)16)4-3-5-11/h8H,2-7,12H2,1H3,(H,13,14)(H,15,16). The molecule has 1 unspecified atom stereocenters. The van der Waals surface area contributed by atoms with Crippen molar-refractivity contribution in [3.8, 4) is 0 Å². The van der Waals surface area contributed by atoms with Gasteiger partial charge in [0.05, 0.1) is 12.5 Å². The molecule has 0 aliphatic heterocycles. The minimum Gasteiger partial charge on any atom is -0.480 e. The number of rotatable bonds is 7. The Morgan fingerprint density at radius 2 is 2.18 bits per heavy atom. The highest BCUT2D eigenvalue weighted by Crippen LogP contribution is 2.32. The van der Waals surface area contributed by atoms with Crippen LogP contribution in [-0.4, -0.2) is 41.8 Å². The molecule has 98 valence electrons. The lowest BCUT2D eigenvalue weighted by molar-refractivity contribution is -0.152. The minimum absolute atomic E-state index is 0.110. The number of nitrogens with two attached hydrogens (primary N) is 1. The highest BCUT2D eigenvalue weighted by Gasteiger charge is 2.45. The van der Waals surface area contributed by atoms with E-state index in [9.17, 15) is 9.59 Å². The third kappa shape index (κ3) is 3.41. The maximum atomic E-state index is 11.7. The summed E-state index contributed by atoms with van der Waals surface area (Å²) in [6.45, 7) is 2.56. The summed E-state index contributed by atoms with van der Waals surface area (Å²) in [6.07, 6.45) is 1.59. The number of hydrogen-bond donors (Lipinski definition) is 3. The highest BCUT2D eigenvalue weighted by atomic mass is 16.5. The van der Waals surface area contributed by atoms with Crippen molar-refractivity contribution in [2.24, 2.45) is 5.73 Å². The lowest BCUT2D eigenvalue weighted by Crippen LogP contribution is -2.59. The lowest BCUT2D eigenvalue weighted by Gasteiger charge is -2.38. The Hall–Kier alpha value is -1.14. The third-order valence-corrected chi connectivity index (χ3v) is 3.07. The van der Waals surface area contributed by atoms with E-state index < -0.39 is 11.5 Å². The fourth-order valence-electron chi connectivity index (χ4n) is 1.89. The summed E-state index contributed by atoms with van der Waals surface area (Å²) in [5.41, 5.74) is 4.40. The molecule has 1 fully saturated rings. The van der Waals surface area contributed by atoms with Crippen molar-refractivity contribution in [3.05, 3.63) is 0 Å². The molecular formula is C11H20N2O4. The van der Waals surface area contributed by atoms with Gasteiger partial charge in [-0.15, -0.1) is 0 Å². The van der Waals surface area contributed by atoms with Crippen LogP contribution in [0.1, 0.15) is 32.6 Å². The second kappa shape index (κ2) is 5.97. The van der Waals surface area contributed by atoms with Crippen LogP contribution in [0.3, 0.4) is 0 Å². The number of ether oxygens (including phenoxy) is 1. The smallest absolute Gasteiger partial charge is 0.329 e. The maximum absolute atomic E-state index is 11.7. The molecule has 0 aromatic carbocycles. The lowest BCUT2D eigenvalue weighted by atomic mass is 9.76. The first-order valence-corrected chi connectivity index (χ1v) is 5.90. The van der Waals surface area contributed by atoms with Crippen molar-refractivity contribution in [2.75, 3.05) is 13.2 Å². The zero-order valence-electron chi connectivity index (χ0n) is 10.1. The average molecular weight is 244 g/mol. The fourth-order valence-corrected chi connectivity index (χ4v) is 1.89. The first-order chi connectivity index (χ1) is 8.04. The molecule has 0 saturated heterocycles. The first-order valence-electron chi connectivity index (χ1n) is 5.90. The summed E-state index contributed by atoms with van der Waals surface area (Å²) >= 11 is 0. The molecule has 4 N–H and O–H groups in total. The molecule has 6 heteroatoms. The molecule has 17 heavy (non-hydrogen) atoms. The molecule has 0 bridgehead atoms. The van der Waals surface area contributed by atoms with Crippen LogP contribution in [-0.2, 0) is 14.3 Å². The SMILES string of the molecule is CCOC(CN)CC(=O)NC1(C(=O)O)CCC1. The summed E-state index contributed by atoms with van der Waals surface area (Å²) in [5, 5.41) is 11.6. The van der Waals surface area contributed by atoms with Gasteiger partial charge in [0.25, 0.3) is 0 Å². The summed E-state index contributed by atoms with van der Waals surface area (Å²) < 4.78 is 5.26. The second-order valence-electron chi connectivity index (χ2n) is 4.31. The molecule has 1 rings (SSSR count). The zero-order valence-corrected chi connectivity index (χ0v) is 10.1. The minimum atomic E-state index is -1.05. The average Bonchev–Trinajstić information content (AvgIpc) is 2.22. The van der Waals surface area contributed by atoms with E-state index in [1.807, 2.05) is 6.92 Å². The van der Waals surface area contributed by atoms with Crippen LogP contribution >= 0.6 is 0 Å². The van der Waals surface area contributed by atoms with E-state index in [4.69, 9.17) is 15.6 Å². The van der Waals surface area contributed by atoms with Crippen molar-refractivity contribution < 1.29 is 19.4 Å². The van der Waals surface area contributed by atoms with E-state index in [1.54, 1.807) is 0 Å². The third-order valence-electron chi connectivity index (χ3n) is 3.07. The second-order valence-corrected chi connectivity index (χ2v) is 4.31. The topological polar surface area (TPSA) is 102 Å².